The molecule has 1 aromatic carbocycles. The van der Waals surface area contributed by atoms with Crippen LogP contribution in [0.25, 0.3) is 10.9 Å². The van der Waals surface area contributed by atoms with Crippen molar-refractivity contribution in [2.75, 3.05) is 5.73 Å². The van der Waals surface area contributed by atoms with Gasteiger partial charge in [0.15, 0.2) is 4.73 Å². The van der Waals surface area contributed by atoms with E-state index >= 15 is 0 Å². The summed E-state index contributed by atoms with van der Waals surface area (Å²) in [5.41, 5.74) is 6.24. The summed E-state index contributed by atoms with van der Waals surface area (Å²) in [5.74, 6) is 0.373. The molecule has 3 N–H and O–H groups in total. The molecule has 0 aliphatic rings. The zero-order chi connectivity index (χ0) is 9.42. The molecule has 0 unspecified atom stereocenters. The van der Waals surface area contributed by atoms with Crippen molar-refractivity contribution in [2.24, 2.45) is 0 Å². The Morgan fingerprint density at radius 1 is 1.31 bits per heavy atom. The second-order valence-corrected chi connectivity index (χ2v) is 3.26. The third-order valence-electron chi connectivity index (χ3n) is 1.70. The highest BCUT2D eigenvalue weighted by atomic mass is 79.9. The van der Waals surface area contributed by atoms with Crippen molar-refractivity contribution in [3.8, 4) is 5.75 Å². The lowest BCUT2D eigenvalue weighted by atomic mass is 10.2. The summed E-state index contributed by atoms with van der Waals surface area (Å²) in [6.07, 6.45) is 0. The molecule has 66 valence electrons. The van der Waals surface area contributed by atoms with Gasteiger partial charge in [0.2, 0.25) is 0 Å². The van der Waals surface area contributed by atoms with Crippen LogP contribution >= 0.6 is 15.9 Å². The second kappa shape index (κ2) is 2.85. The predicted octanol–water partition coefficient (Wildman–Crippen LogP) is 1.68. The second-order valence-electron chi connectivity index (χ2n) is 2.55. The third kappa shape index (κ3) is 1.31. The maximum atomic E-state index is 9.47. The van der Waals surface area contributed by atoms with E-state index in [1.165, 1.54) is 0 Å². The number of halogens is 1. The molecule has 4 nitrogen and oxygen atoms in total. The number of aromatic hydroxyl groups is 1. The molecule has 0 spiro atoms. The van der Waals surface area contributed by atoms with Crippen molar-refractivity contribution in [1.82, 2.24) is 9.97 Å². The SMILES string of the molecule is Nc1nc(Br)nc2cccc(O)c12. The van der Waals surface area contributed by atoms with Gasteiger partial charge in [0, 0.05) is 0 Å². The number of nitrogens with two attached hydrogens (primary N) is 1. The number of fused-ring (bicyclic) bond motifs is 1. The van der Waals surface area contributed by atoms with Gasteiger partial charge < -0.3 is 10.8 Å². The summed E-state index contributed by atoms with van der Waals surface area (Å²) in [7, 11) is 0. The van der Waals surface area contributed by atoms with Gasteiger partial charge in [0.25, 0.3) is 0 Å². The van der Waals surface area contributed by atoms with Crippen molar-refractivity contribution in [2.45, 2.75) is 0 Å². The first-order chi connectivity index (χ1) is 6.18. The molecular formula is C8H6BrN3O. The average molecular weight is 240 g/mol. The van der Waals surface area contributed by atoms with Crippen molar-refractivity contribution in [3.63, 3.8) is 0 Å². The van der Waals surface area contributed by atoms with Crippen LogP contribution in [-0.2, 0) is 0 Å². The summed E-state index contributed by atoms with van der Waals surface area (Å²) in [6.45, 7) is 0. The van der Waals surface area contributed by atoms with E-state index in [0.717, 1.165) is 0 Å². The number of nitrogen functional groups attached to an aromatic ring is 1. The number of phenolic OH excluding ortho intramolecular Hbond substituents is 1. The lowest BCUT2D eigenvalue weighted by Gasteiger charge is -2.02. The molecule has 0 aliphatic carbocycles. The number of rotatable bonds is 0. The number of aromatic nitrogens is 2. The molecule has 0 fully saturated rings. The van der Waals surface area contributed by atoms with E-state index in [4.69, 9.17) is 5.73 Å². The number of benzene rings is 1. The fourth-order valence-corrected chi connectivity index (χ4v) is 1.55. The molecule has 13 heavy (non-hydrogen) atoms. The van der Waals surface area contributed by atoms with E-state index in [9.17, 15) is 5.11 Å². The maximum absolute atomic E-state index is 9.47. The molecule has 0 saturated carbocycles. The van der Waals surface area contributed by atoms with Crippen LogP contribution in [0, 0.1) is 0 Å². The van der Waals surface area contributed by atoms with Gasteiger partial charge in [-0.2, -0.15) is 0 Å². The summed E-state index contributed by atoms with van der Waals surface area (Å²) >= 11 is 3.12. The summed E-state index contributed by atoms with van der Waals surface area (Å²) in [6, 6.07) is 5.02. The summed E-state index contributed by atoms with van der Waals surface area (Å²) in [4.78, 5) is 7.95. The number of hydrogen-bond acceptors (Lipinski definition) is 4. The van der Waals surface area contributed by atoms with Crippen LogP contribution in [-0.4, -0.2) is 15.1 Å². The van der Waals surface area contributed by atoms with E-state index in [2.05, 4.69) is 25.9 Å². The van der Waals surface area contributed by atoms with Gasteiger partial charge in [0.05, 0.1) is 10.9 Å². The maximum Gasteiger partial charge on any atom is 0.199 e. The molecule has 2 aromatic rings. The standard InChI is InChI=1S/C8H6BrN3O/c9-8-11-4-2-1-3-5(13)6(4)7(10)12-8/h1-3,13H,(H2,10,11,12). The third-order valence-corrected chi connectivity index (χ3v) is 2.06. The molecule has 0 atom stereocenters. The lowest BCUT2D eigenvalue weighted by molar-refractivity contribution is 0.481. The molecule has 5 heteroatoms. The Bertz CT molecular complexity index is 472. The van der Waals surface area contributed by atoms with Crippen molar-refractivity contribution < 1.29 is 5.11 Å². The molecular weight excluding hydrogens is 234 g/mol. The Kier molecular flexibility index (Phi) is 1.81. The Hall–Kier alpha value is -1.36. The van der Waals surface area contributed by atoms with Gasteiger partial charge in [-0.15, -0.1) is 0 Å². The molecule has 0 saturated heterocycles. The van der Waals surface area contributed by atoms with Crippen molar-refractivity contribution in [3.05, 3.63) is 22.9 Å². The highest BCUT2D eigenvalue weighted by Crippen LogP contribution is 2.27. The van der Waals surface area contributed by atoms with Crippen LogP contribution in [0.15, 0.2) is 22.9 Å². The van der Waals surface area contributed by atoms with Crippen LogP contribution in [0.2, 0.25) is 0 Å². The molecule has 1 aromatic heterocycles. The highest BCUT2D eigenvalue weighted by molar-refractivity contribution is 9.10. The Balaban J connectivity index is 2.94. The number of anilines is 1. The first-order valence-electron chi connectivity index (χ1n) is 3.59. The van der Waals surface area contributed by atoms with Gasteiger partial charge in [-0.3, -0.25) is 0 Å². The number of hydrogen-bond donors (Lipinski definition) is 2. The lowest BCUT2D eigenvalue weighted by Crippen LogP contribution is -1.95. The quantitative estimate of drug-likeness (QED) is 0.687. The van der Waals surface area contributed by atoms with E-state index in [0.29, 0.717) is 15.6 Å². The zero-order valence-corrected chi connectivity index (χ0v) is 8.12. The predicted molar refractivity (Wildman–Crippen MR) is 53.3 cm³/mol. The Morgan fingerprint density at radius 2 is 2.08 bits per heavy atom. The molecule has 1 heterocycles. The van der Waals surface area contributed by atoms with Crippen LogP contribution < -0.4 is 5.73 Å². The minimum absolute atomic E-state index is 0.0995. The fraction of sp³-hybridized carbons (Fsp3) is 0. The van der Waals surface area contributed by atoms with E-state index in [-0.39, 0.29) is 11.6 Å². The Labute approximate surface area is 82.6 Å². The van der Waals surface area contributed by atoms with Gasteiger partial charge in [-0.1, -0.05) is 6.07 Å². The summed E-state index contributed by atoms with van der Waals surface area (Å²) < 4.78 is 0.420. The largest absolute Gasteiger partial charge is 0.507 e. The first kappa shape index (κ1) is 8.25. The normalized spacial score (nSPS) is 10.5. The molecule has 0 amide bonds. The van der Waals surface area contributed by atoms with Crippen LogP contribution in [0.5, 0.6) is 5.75 Å². The highest BCUT2D eigenvalue weighted by Gasteiger charge is 2.06. The molecule has 0 radical (unpaired) electrons. The smallest absolute Gasteiger partial charge is 0.199 e. The fourth-order valence-electron chi connectivity index (χ4n) is 1.16. The van der Waals surface area contributed by atoms with Crippen molar-refractivity contribution in [1.29, 1.82) is 0 Å². The molecule has 0 bridgehead atoms. The van der Waals surface area contributed by atoms with Gasteiger partial charge in [0.1, 0.15) is 11.6 Å². The van der Waals surface area contributed by atoms with Gasteiger partial charge in [-0.25, -0.2) is 9.97 Å². The van der Waals surface area contributed by atoms with Crippen LogP contribution in [0.4, 0.5) is 5.82 Å². The Morgan fingerprint density at radius 3 is 2.85 bits per heavy atom. The minimum atomic E-state index is 0.0995. The monoisotopic (exact) mass is 239 g/mol. The van der Waals surface area contributed by atoms with Gasteiger partial charge in [-0.05, 0) is 28.1 Å². The zero-order valence-electron chi connectivity index (χ0n) is 6.53. The average Bonchev–Trinajstić information content (AvgIpc) is 2.02. The number of nitrogens with zero attached hydrogens (tertiary/aromatic N) is 2. The van der Waals surface area contributed by atoms with E-state index in [1.54, 1.807) is 18.2 Å². The summed E-state index contributed by atoms with van der Waals surface area (Å²) in [5, 5.41) is 9.96. The number of phenols is 1. The van der Waals surface area contributed by atoms with Gasteiger partial charge >= 0.3 is 0 Å². The molecule has 0 aliphatic heterocycles. The van der Waals surface area contributed by atoms with Crippen LogP contribution in [0.1, 0.15) is 0 Å². The van der Waals surface area contributed by atoms with E-state index in [1.807, 2.05) is 0 Å². The topological polar surface area (TPSA) is 72.0 Å². The minimum Gasteiger partial charge on any atom is -0.507 e. The molecule has 2 rings (SSSR count). The van der Waals surface area contributed by atoms with Crippen molar-refractivity contribution >= 4 is 32.7 Å². The first-order valence-corrected chi connectivity index (χ1v) is 4.38. The van der Waals surface area contributed by atoms with Crippen LogP contribution in [0.3, 0.4) is 0 Å². The van der Waals surface area contributed by atoms with E-state index < -0.39 is 0 Å².